The summed E-state index contributed by atoms with van der Waals surface area (Å²) in [6.45, 7) is 0. The molecule has 1 amide bonds. The molecule has 0 radical (unpaired) electrons. The molecule has 5 heteroatoms. The first-order valence-electron chi connectivity index (χ1n) is 4.34. The highest BCUT2D eigenvalue weighted by atomic mass is 35.5. The van der Waals surface area contributed by atoms with E-state index in [2.05, 4.69) is 5.32 Å². The molecule has 0 aliphatic rings. The van der Waals surface area contributed by atoms with Crippen molar-refractivity contribution in [2.75, 3.05) is 5.32 Å². The Kier molecular flexibility index (Phi) is 4.12. The van der Waals surface area contributed by atoms with Crippen LogP contribution in [0, 0.1) is 0 Å². The third-order valence-electron chi connectivity index (χ3n) is 1.70. The van der Waals surface area contributed by atoms with Crippen molar-refractivity contribution in [1.29, 1.82) is 0 Å². The molecule has 0 aliphatic heterocycles. The number of hydrogen-bond donors (Lipinski definition) is 1. The van der Waals surface area contributed by atoms with Crippen molar-refractivity contribution in [1.82, 2.24) is 0 Å². The third kappa shape index (κ3) is 3.99. The van der Waals surface area contributed by atoms with Crippen LogP contribution in [0.1, 0.15) is 12.8 Å². The number of hydrogen-bond acceptors (Lipinski definition) is 3. The molecule has 0 spiro atoms. The third-order valence-corrected chi connectivity index (χ3v) is 2.03. The van der Waals surface area contributed by atoms with Crippen LogP contribution in [0.15, 0.2) is 24.3 Å². The van der Waals surface area contributed by atoms with Gasteiger partial charge < -0.3 is 15.2 Å². The minimum absolute atomic E-state index is 0.118. The first-order chi connectivity index (χ1) is 7.09. The fourth-order valence-electron chi connectivity index (χ4n) is 0.991. The smallest absolute Gasteiger partial charge is 0.224 e. The quantitative estimate of drug-likeness (QED) is 0.826. The molecule has 80 valence electrons. The number of halogens is 1. The lowest BCUT2D eigenvalue weighted by atomic mass is 10.2. The van der Waals surface area contributed by atoms with Gasteiger partial charge in [-0.25, -0.2) is 0 Å². The molecule has 0 aromatic heterocycles. The number of carbonyl (C=O) groups excluding carboxylic acids is 2. The van der Waals surface area contributed by atoms with E-state index in [9.17, 15) is 14.7 Å². The number of rotatable bonds is 4. The van der Waals surface area contributed by atoms with Crippen LogP contribution in [0.2, 0.25) is 5.02 Å². The number of carbonyl (C=O) groups is 2. The van der Waals surface area contributed by atoms with E-state index >= 15 is 0 Å². The predicted octanol–water partition coefficient (Wildman–Crippen LogP) is 0.809. The zero-order valence-electron chi connectivity index (χ0n) is 7.83. The molecule has 1 rings (SSSR count). The van der Waals surface area contributed by atoms with Crippen LogP contribution < -0.4 is 10.4 Å². The molecule has 0 heterocycles. The maximum atomic E-state index is 11.2. The minimum Gasteiger partial charge on any atom is -0.550 e. The Bertz CT molecular complexity index is 379. The van der Waals surface area contributed by atoms with Crippen LogP contribution in [0.5, 0.6) is 0 Å². The van der Waals surface area contributed by atoms with E-state index in [0.29, 0.717) is 10.7 Å². The Morgan fingerprint density at radius 3 is 2.53 bits per heavy atom. The van der Waals surface area contributed by atoms with Crippen molar-refractivity contribution in [3.8, 4) is 0 Å². The van der Waals surface area contributed by atoms with E-state index in [4.69, 9.17) is 11.6 Å². The largest absolute Gasteiger partial charge is 0.550 e. The normalized spacial score (nSPS) is 9.67. The highest BCUT2D eigenvalue weighted by Gasteiger charge is 2.04. The molecule has 15 heavy (non-hydrogen) atoms. The molecule has 0 aliphatic carbocycles. The van der Waals surface area contributed by atoms with E-state index in [-0.39, 0.29) is 12.8 Å². The maximum Gasteiger partial charge on any atom is 0.224 e. The molecule has 0 saturated heterocycles. The Morgan fingerprint density at radius 2 is 1.93 bits per heavy atom. The molecule has 0 saturated carbocycles. The number of anilines is 1. The fourth-order valence-corrected chi connectivity index (χ4v) is 1.17. The van der Waals surface area contributed by atoms with Crippen molar-refractivity contribution >= 4 is 29.2 Å². The molecule has 1 aromatic rings. The Labute approximate surface area is 91.9 Å². The van der Waals surface area contributed by atoms with Gasteiger partial charge >= 0.3 is 0 Å². The van der Waals surface area contributed by atoms with E-state index in [1.54, 1.807) is 24.3 Å². The molecule has 1 N–H and O–H groups in total. The van der Waals surface area contributed by atoms with Gasteiger partial charge in [-0.05, 0) is 18.6 Å². The number of carboxylic acid groups (broad SMARTS) is 1. The van der Waals surface area contributed by atoms with Crippen molar-refractivity contribution in [3.05, 3.63) is 29.3 Å². The monoisotopic (exact) mass is 226 g/mol. The topological polar surface area (TPSA) is 69.2 Å². The summed E-state index contributed by atoms with van der Waals surface area (Å²) >= 11 is 5.79. The molecule has 0 bridgehead atoms. The summed E-state index contributed by atoms with van der Waals surface area (Å²) in [5, 5.41) is 13.0. The summed E-state index contributed by atoms with van der Waals surface area (Å²) in [6.07, 6.45) is -0.413. The summed E-state index contributed by atoms with van der Waals surface area (Å²) in [5.74, 6) is -1.64. The molecular formula is C10H9ClNO3-. The Balaban J connectivity index is 2.52. The van der Waals surface area contributed by atoms with Gasteiger partial charge in [0.05, 0.1) is 10.7 Å². The zero-order chi connectivity index (χ0) is 11.3. The Hall–Kier alpha value is -1.55. The van der Waals surface area contributed by atoms with Crippen LogP contribution in [0.3, 0.4) is 0 Å². The van der Waals surface area contributed by atoms with E-state index in [0.717, 1.165) is 0 Å². The molecule has 0 atom stereocenters. The predicted molar refractivity (Wildman–Crippen MR) is 54.3 cm³/mol. The SMILES string of the molecule is O=C([O-])CCC(=O)Nc1ccccc1Cl. The van der Waals surface area contributed by atoms with Gasteiger partial charge in [-0.15, -0.1) is 0 Å². The van der Waals surface area contributed by atoms with Gasteiger partial charge in [-0.2, -0.15) is 0 Å². The number of benzene rings is 1. The second-order valence-electron chi connectivity index (χ2n) is 2.90. The molecular weight excluding hydrogens is 218 g/mol. The lowest BCUT2D eigenvalue weighted by Crippen LogP contribution is -2.24. The van der Waals surface area contributed by atoms with Gasteiger partial charge in [0.15, 0.2) is 0 Å². The van der Waals surface area contributed by atoms with Crippen LogP contribution in [-0.2, 0) is 9.59 Å². The standard InChI is InChI=1S/C10H10ClNO3/c11-7-3-1-2-4-8(7)12-9(13)5-6-10(14)15/h1-4H,5-6H2,(H,12,13)(H,14,15)/p-1. The number of amides is 1. The maximum absolute atomic E-state index is 11.2. The van der Waals surface area contributed by atoms with Crippen molar-refractivity contribution in [2.24, 2.45) is 0 Å². The van der Waals surface area contributed by atoms with Gasteiger partial charge in [0.25, 0.3) is 0 Å². The summed E-state index contributed by atoms with van der Waals surface area (Å²) < 4.78 is 0. The van der Waals surface area contributed by atoms with E-state index in [1.807, 2.05) is 0 Å². The Morgan fingerprint density at radius 1 is 1.27 bits per heavy atom. The average molecular weight is 227 g/mol. The number of carboxylic acids is 1. The number of para-hydroxylation sites is 1. The van der Waals surface area contributed by atoms with Gasteiger partial charge in [-0.3, -0.25) is 4.79 Å². The second kappa shape index (κ2) is 5.36. The van der Waals surface area contributed by atoms with Crippen molar-refractivity contribution in [3.63, 3.8) is 0 Å². The average Bonchev–Trinajstić information content (AvgIpc) is 2.18. The van der Waals surface area contributed by atoms with Crippen LogP contribution in [-0.4, -0.2) is 11.9 Å². The number of nitrogens with one attached hydrogen (secondary N) is 1. The van der Waals surface area contributed by atoms with Gasteiger partial charge in [0, 0.05) is 12.4 Å². The molecule has 4 nitrogen and oxygen atoms in total. The van der Waals surface area contributed by atoms with Gasteiger partial charge in [0.1, 0.15) is 0 Å². The lowest BCUT2D eigenvalue weighted by molar-refractivity contribution is -0.305. The molecule has 0 unspecified atom stereocenters. The van der Waals surface area contributed by atoms with Gasteiger partial charge in [0.2, 0.25) is 5.91 Å². The zero-order valence-corrected chi connectivity index (χ0v) is 8.58. The first-order valence-corrected chi connectivity index (χ1v) is 4.71. The summed E-state index contributed by atoms with van der Waals surface area (Å²) in [5.41, 5.74) is 0.475. The highest BCUT2D eigenvalue weighted by Crippen LogP contribution is 2.20. The van der Waals surface area contributed by atoms with E-state index in [1.165, 1.54) is 0 Å². The van der Waals surface area contributed by atoms with Crippen LogP contribution in [0.25, 0.3) is 0 Å². The minimum atomic E-state index is -1.25. The first kappa shape index (κ1) is 11.5. The van der Waals surface area contributed by atoms with Crippen LogP contribution in [0.4, 0.5) is 5.69 Å². The summed E-state index contributed by atoms with van der Waals surface area (Å²) in [7, 11) is 0. The van der Waals surface area contributed by atoms with E-state index < -0.39 is 11.9 Å². The second-order valence-corrected chi connectivity index (χ2v) is 3.31. The summed E-state index contributed by atoms with van der Waals surface area (Å²) in [4.78, 5) is 21.3. The molecule has 1 aromatic carbocycles. The molecule has 0 fully saturated rings. The van der Waals surface area contributed by atoms with Crippen molar-refractivity contribution < 1.29 is 14.7 Å². The summed E-state index contributed by atoms with van der Waals surface area (Å²) in [6, 6.07) is 6.73. The number of aliphatic carboxylic acids is 1. The van der Waals surface area contributed by atoms with Crippen molar-refractivity contribution in [2.45, 2.75) is 12.8 Å². The highest BCUT2D eigenvalue weighted by molar-refractivity contribution is 6.33. The lowest BCUT2D eigenvalue weighted by Gasteiger charge is -2.06. The van der Waals surface area contributed by atoms with Crippen LogP contribution >= 0.6 is 11.6 Å². The van der Waals surface area contributed by atoms with Gasteiger partial charge in [-0.1, -0.05) is 23.7 Å². The fraction of sp³-hybridized carbons (Fsp3) is 0.200.